The van der Waals surface area contributed by atoms with Gasteiger partial charge in [0, 0.05) is 24.7 Å². The summed E-state index contributed by atoms with van der Waals surface area (Å²) in [5.41, 5.74) is 1.25. The van der Waals surface area contributed by atoms with Crippen molar-refractivity contribution < 1.29 is 19.1 Å². The number of Topliss-reactive ketones (excluding diaryl/α,β-unsaturated/α-hetero) is 1. The highest BCUT2D eigenvalue weighted by atomic mass is 16.6. The fourth-order valence-corrected chi connectivity index (χ4v) is 2.10. The Morgan fingerprint density at radius 1 is 1.33 bits per heavy atom. The largest absolute Gasteiger partial charge is 0.444 e. The molecule has 1 atom stereocenters. The van der Waals surface area contributed by atoms with Crippen molar-refractivity contribution in [2.45, 2.75) is 25.9 Å². The van der Waals surface area contributed by atoms with Crippen molar-refractivity contribution in [2.75, 3.05) is 18.9 Å². The number of rotatable bonds is 5. The van der Waals surface area contributed by atoms with Crippen LogP contribution < -0.4 is 5.32 Å². The molecule has 0 aromatic heterocycles. The van der Waals surface area contributed by atoms with Gasteiger partial charge in [0.25, 0.3) is 0 Å². The van der Waals surface area contributed by atoms with Crippen LogP contribution in [0.2, 0.25) is 0 Å². The standard InChI is InChI=1S/C15H18N2O4/c1-10(18)11-3-5-12(6-4-11)16-14(19)8-7-13-9-17(2)15(20)21-13/h3-6,13H,7-9H2,1-2H3,(H,16,19). The lowest BCUT2D eigenvalue weighted by atomic mass is 10.1. The molecule has 0 aliphatic carbocycles. The number of ether oxygens (including phenoxy) is 1. The summed E-state index contributed by atoms with van der Waals surface area (Å²) in [6.07, 6.45) is 0.196. The molecule has 1 aromatic rings. The van der Waals surface area contributed by atoms with Gasteiger partial charge in [0.15, 0.2) is 5.78 Å². The molecular weight excluding hydrogens is 272 g/mol. The van der Waals surface area contributed by atoms with Gasteiger partial charge in [-0.3, -0.25) is 9.59 Å². The van der Waals surface area contributed by atoms with Gasteiger partial charge in [-0.15, -0.1) is 0 Å². The third-order valence-electron chi connectivity index (χ3n) is 3.33. The van der Waals surface area contributed by atoms with E-state index in [-0.39, 0.29) is 30.3 Å². The Balaban J connectivity index is 1.79. The average Bonchev–Trinajstić information content (AvgIpc) is 2.76. The molecule has 1 aliphatic heterocycles. The zero-order chi connectivity index (χ0) is 15.4. The minimum atomic E-state index is -0.347. The third kappa shape index (κ3) is 4.05. The molecule has 1 unspecified atom stereocenters. The highest BCUT2D eigenvalue weighted by Crippen LogP contribution is 2.15. The normalized spacial score (nSPS) is 17.5. The maximum Gasteiger partial charge on any atom is 0.409 e. The molecule has 1 aliphatic rings. The van der Waals surface area contributed by atoms with E-state index in [1.807, 2.05) is 0 Å². The molecule has 1 saturated heterocycles. The highest BCUT2D eigenvalue weighted by molar-refractivity contribution is 5.95. The number of anilines is 1. The molecule has 0 saturated carbocycles. The van der Waals surface area contributed by atoms with E-state index in [2.05, 4.69) is 5.32 Å². The number of nitrogens with one attached hydrogen (secondary N) is 1. The fraction of sp³-hybridized carbons (Fsp3) is 0.400. The number of nitrogens with zero attached hydrogens (tertiary/aromatic N) is 1. The monoisotopic (exact) mass is 290 g/mol. The summed E-state index contributed by atoms with van der Waals surface area (Å²) < 4.78 is 5.09. The highest BCUT2D eigenvalue weighted by Gasteiger charge is 2.28. The number of benzene rings is 1. The summed E-state index contributed by atoms with van der Waals surface area (Å²) in [7, 11) is 1.67. The van der Waals surface area contributed by atoms with E-state index >= 15 is 0 Å². The lowest BCUT2D eigenvalue weighted by molar-refractivity contribution is -0.116. The van der Waals surface area contributed by atoms with Gasteiger partial charge in [-0.1, -0.05) is 0 Å². The molecule has 2 amide bonds. The molecule has 2 rings (SSSR count). The summed E-state index contributed by atoms with van der Waals surface area (Å²) in [6, 6.07) is 6.73. The number of hydrogen-bond acceptors (Lipinski definition) is 4. The molecule has 1 fully saturated rings. The molecule has 1 heterocycles. The van der Waals surface area contributed by atoms with Crippen LogP contribution in [0.5, 0.6) is 0 Å². The Bertz CT molecular complexity index is 553. The first kappa shape index (κ1) is 15.0. The molecule has 0 radical (unpaired) electrons. The van der Waals surface area contributed by atoms with Gasteiger partial charge in [0.05, 0.1) is 6.54 Å². The summed E-state index contributed by atoms with van der Waals surface area (Å²) >= 11 is 0. The SMILES string of the molecule is CC(=O)c1ccc(NC(=O)CCC2CN(C)C(=O)O2)cc1. The number of likely N-dealkylation sites (N-methyl/N-ethyl adjacent to an activating group) is 1. The predicted molar refractivity (Wildman–Crippen MR) is 77.2 cm³/mol. The molecule has 21 heavy (non-hydrogen) atoms. The Morgan fingerprint density at radius 2 is 2.00 bits per heavy atom. The van der Waals surface area contributed by atoms with Crippen LogP contribution in [0.1, 0.15) is 30.1 Å². The minimum absolute atomic E-state index is 0.0138. The summed E-state index contributed by atoms with van der Waals surface area (Å²) in [5.74, 6) is -0.156. The van der Waals surface area contributed by atoms with Crippen LogP contribution in [0.4, 0.5) is 10.5 Å². The molecule has 1 N–H and O–H groups in total. The van der Waals surface area contributed by atoms with Crippen LogP contribution in [-0.2, 0) is 9.53 Å². The quantitative estimate of drug-likeness (QED) is 0.842. The summed E-state index contributed by atoms with van der Waals surface area (Å²) in [5, 5.41) is 2.75. The Hall–Kier alpha value is -2.37. The molecule has 6 heteroatoms. The smallest absolute Gasteiger partial charge is 0.409 e. The van der Waals surface area contributed by atoms with Crippen LogP contribution in [0, 0.1) is 0 Å². The fourth-order valence-electron chi connectivity index (χ4n) is 2.10. The lowest BCUT2D eigenvalue weighted by Gasteiger charge is -2.09. The second kappa shape index (κ2) is 6.39. The van der Waals surface area contributed by atoms with E-state index in [1.165, 1.54) is 11.8 Å². The van der Waals surface area contributed by atoms with Crippen molar-refractivity contribution in [3.05, 3.63) is 29.8 Å². The number of ketones is 1. The van der Waals surface area contributed by atoms with E-state index in [4.69, 9.17) is 4.74 Å². The predicted octanol–water partition coefficient (Wildman–Crippen LogP) is 2.06. The van der Waals surface area contributed by atoms with Crippen LogP contribution >= 0.6 is 0 Å². The number of amides is 2. The van der Waals surface area contributed by atoms with Gasteiger partial charge in [0.2, 0.25) is 5.91 Å². The topological polar surface area (TPSA) is 75.7 Å². The van der Waals surface area contributed by atoms with Crippen LogP contribution in [0.3, 0.4) is 0 Å². The molecule has 6 nitrogen and oxygen atoms in total. The number of carbonyl (C=O) groups excluding carboxylic acids is 3. The summed E-state index contributed by atoms with van der Waals surface area (Å²) in [6.45, 7) is 2.01. The van der Waals surface area contributed by atoms with Gasteiger partial charge >= 0.3 is 6.09 Å². The van der Waals surface area contributed by atoms with Crippen molar-refractivity contribution in [3.8, 4) is 0 Å². The van der Waals surface area contributed by atoms with E-state index in [0.29, 0.717) is 24.2 Å². The van der Waals surface area contributed by atoms with Crippen LogP contribution in [0.15, 0.2) is 24.3 Å². The minimum Gasteiger partial charge on any atom is -0.444 e. The van der Waals surface area contributed by atoms with Gasteiger partial charge in [-0.25, -0.2) is 4.79 Å². The Kier molecular flexibility index (Phi) is 4.57. The van der Waals surface area contributed by atoms with E-state index in [0.717, 1.165) is 0 Å². The third-order valence-corrected chi connectivity index (χ3v) is 3.33. The number of carbonyl (C=O) groups is 3. The van der Waals surface area contributed by atoms with Crippen LogP contribution in [-0.4, -0.2) is 42.4 Å². The molecular formula is C15H18N2O4. The maximum atomic E-state index is 11.8. The molecule has 112 valence electrons. The number of hydrogen-bond donors (Lipinski definition) is 1. The summed E-state index contributed by atoms with van der Waals surface area (Å²) in [4.78, 5) is 35.6. The van der Waals surface area contributed by atoms with Gasteiger partial charge in [-0.05, 0) is 37.6 Å². The van der Waals surface area contributed by atoms with E-state index in [9.17, 15) is 14.4 Å². The second-order valence-electron chi connectivity index (χ2n) is 5.11. The first-order valence-electron chi connectivity index (χ1n) is 6.78. The first-order valence-corrected chi connectivity index (χ1v) is 6.78. The van der Waals surface area contributed by atoms with Gasteiger partial charge in [-0.2, -0.15) is 0 Å². The lowest BCUT2D eigenvalue weighted by Crippen LogP contribution is -2.20. The zero-order valence-electron chi connectivity index (χ0n) is 12.1. The molecule has 1 aromatic carbocycles. The average molecular weight is 290 g/mol. The van der Waals surface area contributed by atoms with Crippen molar-refractivity contribution in [3.63, 3.8) is 0 Å². The Labute approximate surface area is 123 Å². The molecule has 0 spiro atoms. The van der Waals surface area contributed by atoms with E-state index in [1.54, 1.807) is 31.3 Å². The van der Waals surface area contributed by atoms with Crippen molar-refractivity contribution in [1.82, 2.24) is 4.90 Å². The van der Waals surface area contributed by atoms with E-state index < -0.39 is 0 Å². The molecule has 0 bridgehead atoms. The second-order valence-corrected chi connectivity index (χ2v) is 5.11. The maximum absolute atomic E-state index is 11.8. The zero-order valence-corrected chi connectivity index (χ0v) is 12.1. The van der Waals surface area contributed by atoms with Crippen molar-refractivity contribution >= 4 is 23.5 Å². The van der Waals surface area contributed by atoms with Crippen molar-refractivity contribution in [2.24, 2.45) is 0 Å². The Morgan fingerprint density at radius 3 is 2.52 bits per heavy atom. The van der Waals surface area contributed by atoms with Gasteiger partial charge in [0.1, 0.15) is 6.10 Å². The van der Waals surface area contributed by atoms with Crippen LogP contribution in [0.25, 0.3) is 0 Å². The first-order chi connectivity index (χ1) is 9.95. The number of cyclic esters (lactones) is 1. The van der Waals surface area contributed by atoms with Gasteiger partial charge < -0.3 is 15.0 Å². The van der Waals surface area contributed by atoms with Crippen molar-refractivity contribution in [1.29, 1.82) is 0 Å².